The van der Waals surface area contributed by atoms with E-state index in [2.05, 4.69) is 10.6 Å². The van der Waals surface area contributed by atoms with Crippen LogP contribution in [0.1, 0.15) is 29.7 Å². The van der Waals surface area contributed by atoms with Crippen LogP contribution in [0.3, 0.4) is 0 Å². The average Bonchev–Trinajstić information content (AvgIpc) is 2.70. The van der Waals surface area contributed by atoms with E-state index in [9.17, 15) is 18.0 Å². The second-order valence-electron chi connectivity index (χ2n) is 7.06. The van der Waals surface area contributed by atoms with Crippen LogP contribution >= 0.6 is 0 Å². The topological polar surface area (TPSA) is 102 Å². The number of benzene rings is 2. The van der Waals surface area contributed by atoms with Gasteiger partial charge in [0.2, 0.25) is 0 Å². The van der Waals surface area contributed by atoms with Gasteiger partial charge in [-0.2, -0.15) is 0 Å². The second-order valence-corrected chi connectivity index (χ2v) is 9.05. The van der Waals surface area contributed by atoms with E-state index in [0.717, 1.165) is 11.1 Å². The number of amides is 2. The molecule has 1 heterocycles. The van der Waals surface area contributed by atoms with Crippen molar-refractivity contribution < 1.29 is 22.7 Å². The zero-order chi connectivity index (χ0) is 21.9. The summed E-state index contributed by atoms with van der Waals surface area (Å²) in [6.45, 7) is 5.51. The highest BCUT2D eigenvalue weighted by atomic mass is 32.2. The van der Waals surface area contributed by atoms with Crippen LogP contribution in [0.5, 0.6) is 0 Å². The van der Waals surface area contributed by atoms with Crippen molar-refractivity contribution in [3.8, 4) is 0 Å². The molecule has 2 amide bonds. The number of carbonyl (C=O) groups is 2. The summed E-state index contributed by atoms with van der Waals surface area (Å²) in [7, 11) is -3.82. The third-order valence-corrected chi connectivity index (χ3v) is 6.59. The van der Waals surface area contributed by atoms with Gasteiger partial charge in [-0.3, -0.25) is 0 Å². The zero-order valence-corrected chi connectivity index (χ0v) is 17.9. The van der Waals surface area contributed by atoms with Crippen molar-refractivity contribution in [2.45, 2.75) is 31.7 Å². The molecule has 30 heavy (non-hydrogen) atoms. The highest BCUT2D eigenvalue weighted by molar-refractivity contribution is 7.91. The minimum absolute atomic E-state index is 0.0179. The molecule has 0 radical (unpaired) electrons. The van der Waals surface area contributed by atoms with E-state index in [0.29, 0.717) is 5.56 Å². The van der Waals surface area contributed by atoms with Crippen molar-refractivity contribution >= 4 is 21.8 Å². The number of sulfone groups is 1. The van der Waals surface area contributed by atoms with Gasteiger partial charge in [0.15, 0.2) is 9.84 Å². The molecule has 0 fully saturated rings. The molecule has 1 aliphatic rings. The molecule has 0 saturated carbocycles. The van der Waals surface area contributed by atoms with Gasteiger partial charge in [0.05, 0.1) is 28.9 Å². The Morgan fingerprint density at radius 3 is 2.40 bits per heavy atom. The molecule has 1 atom stereocenters. The largest absolute Gasteiger partial charge is 0.463 e. The minimum atomic E-state index is -3.82. The van der Waals surface area contributed by atoms with E-state index in [1.54, 1.807) is 43.3 Å². The molecule has 1 aliphatic heterocycles. The number of ether oxygens (including phenoxy) is 1. The maximum absolute atomic E-state index is 13.1. The van der Waals surface area contributed by atoms with Gasteiger partial charge < -0.3 is 15.4 Å². The molecule has 2 aromatic rings. The molecule has 0 saturated heterocycles. The molecule has 2 N–H and O–H groups in total. The lowest BCUT2D eigenvalue weighted by Crippen LogP contribution is -2.47. The van der Waals surface area contributed by atoms with Crippen LogP contribution < -0.4 is 10.6 Å². The van der Waals surface area contributed by atoms with Crippen molar-refractivity contribution in [1.82, 2.24) is 10.6 Å². The first-order valence-corrected chi connectivity index (χ1v) is 11.2. The first kappa shape index (κ1) is 21.6. The van der Waals surface area contributed by atoms with Gasteiger partial charge in [0.25, 0.3) is 0 Å². The number of carbonyl (C=O) groups excluding carboxylic acids is 2. The fraction of sp³-hybridized carbons (Fsp3) is 0.273. The third-order valence-electron chi connectivity index (χ3n) is 4.95. The summed E-state index contributed by atoms with van der Waals surface area (Å²) in [5.74, 6) is -1.20. The van der Waals surface area contributed by atoms with Crippen molar-refractivity contribution in [2.75, 3.05) is 12.4 Å². The zero-order valence-electron chi connectivity index (χ0n) is 17.1. The molecule has 158 valence electrons. The Kier molecular flexibility index (Phi) is 6.26. The third kappa shape index (κ3) is 4.54. The Hall–Kier alpha value is -3.13. The standard InChI is InChI=1S/C22H24N2O5S/c1-4-29-21(25)19-18(13-30(27,28)17-11-10-14(2)15(3)12-17)23-22(26)24-20(19)16-8-6-5-7-9-16/h5-12,20H,4,13H2,1-3H3,(H2,23,24,26)/t20-/m1/s1. The predicted octanol–water partition coefficient (Wildman–Crippen LogP) is 2.95. The van der Waals surface area contributed by atoms with Crippen LogP contribution in [0.15, 0.2) is 64.7 Å². The molecule has 3 rings (SSSR count). The summed E-state index contributed by atoms with van der Waals surface area (Å²) in [4.78, 5) is 25.2. The monoisotopic (exact) mass is 428 g/mol. The Balaban J connectivity index is 2.09. The first-order valence-electron chi connectivity index (χ1n) is 9.55. The molecular weight excluding hydrogens is 404 g/mol. The Morgan fingerprint density at radius 2 is 1.77 bits per heavy atom. The number of nitrogens with one attached hydrogen (secondary N) is 2. The van der Waals surface area contributed by atoms with Gasteiger partial charge in [-0.1, -0.05) is 36.4 Å². The number of hydrogen-bond acceptors (Lipinski definition) is 5. The molecule has 0 bridgehead atoms. The number of rotatable bonds is 6. The van der Waals surface area contributed by atoms with E-state index in [1.165, 1.54) is 6.07 Å². The Bertz CT molecular complexity index is 1110. The van der Waals surface area contributed by atoms with Crippen LogP contribution in [-0.4, -0.2) is 32.8 Å². The molecule has 8 heteroatoms. The summed E-state index contributed by atoms with van der Waals surface area (Å²) in [5, 5.41) is 5.20. The molecule has 0 spiro atoms. The SMILES string of the molecule is CCOC(=O)C1=C(CS(=O)(=O)c2ccc(C)c(C)c2)NC(=O)N[C@@H]1c1ccccc1. The molecule has 0 aliphatic carbocycles. The van der Waals surface area contributed by atoms with Gasteiger partial charge in [0, 0.05) is 5.70 Å². The molecule has 7 nitrogen and oxygen atoms in total. The fourth-order valence-electron chi connectivity index (χ4n) is 3.26. The first-order chi connectivity index (χ1) is 14.2. The van der Waals surface area contributed by atoms with Gasteiger partial charge in [0.1, 0.15) is 0 Å². The smallest absolute Gasteiger partial charge is 0.338 e. The fourth-order valence-corrected chi connectivity index (χ4v) is 4.66. The lowest BCUT2D eigenvalue weighted by atomic mass is 9.95. The lowest BCUT2D eigenvalue weighted by molar-refractivity contribution is -0.139. The van der Waals surface area contributed by atoms with Crippen LogP contribution in [0.2, 0.25) is 0 Å². The minimum Gasteiger partial charge on any atom is -0.463 e. The molecule has 2 aromatic carbocycles. The second kappa shape index (κ2) is 8.71. The van der Waals surface area contributed by atoms with E-state index in [4.69, 9.17) is 4.74 Å². The van der Waals surface area contributed by atoms with Crippen LogP contribution in [0, 0.1) is 13.8 Å². The van der Waals surface area contributed by atoms with Crippen molar-refractivity contribution in [3.05, 3.63) is 76.5 Å². The maximum atomic E-state index is 13.1. The van der Waals surface area contributed by atoms with Crippen molar-refractivity contribution in [3.63, 3.8) is 0 Å². The molecule has 0 unspecified atom stereocenters. The highest BCUT2D eigenvalue weighted by Gasteiger charge is 2.35. The van der Waals surface area contributed by atoms with Crippen LogP contribution in [0.25, 0.3) is 0 Å². The van der Waals surface area contributed by atoms with Gasteiger partial charge in [-0.15, -0.1) is 0 Å². The van der Waals surface area contributed by atoms with E-state index >= 15 is 0 Å². The summed E-state index contributed by atoms with van der Waals surface area (Å²) in [6, 6.07) is 12.3. The van der Waals surface area contributed by atoms with Gasteiger partial charge in [-0.25, -0.2) is 18.0 Å². The number of aryl methyl sites for hydroxylation is 2. The summed E-state index contributed by atoms with van der Waals surface area (Å²) >= 11 is 0. The molecule has 0 aromatic heterocycles. The lowest BCUT2D eigenvalue weighted by Gasteiger charge is -2.29. The number of hydrogen-bond donors (Lipinski definition) is 2. The van der Waals surface area contributed by atoms with Gasteiger partial charge >= 0.3 is 12.0 Å². The van der Waals surface area contributed by atoms with E-state index in [1.807, 2.05) is 19.9 Å². The summed E-state index contributed by atoms with van der Waals surface area (Å²) < 4.78 is 31.3. The highest BCUT2D eigenvalue weighted by Crippen LogP contribution is 2.29. The summed E-state index contributed by atoms with van der Waals surface area (Å²) in [6.07, 6.45) is 0. The van der Waals surface area contributed by atoms with E-state index in [-0.39, 0.29) is 22.8 Å². The number of urea groups is 1. The van der Waals surface area contributed by atoms with Crippen LogP contribution in [0.4, 0.5) is 4.79 Å². The van der Waals surface area contributed by atoms with Crippen molar-refractivity contribution in [1.29, 1.82) is 0 Å². The van der Waals surface area contributed by atoms with Crippen LogP contribution in [-0.2, 0) is 19.4 Å². The maximum Gasteiger partial charge on any atom is 0.338 e. The van der Waals surface area contributed by atoms with E-state index < -0.39 is 33.6 Å². The van der Waals surface area contributed by atoms with Gasteiger partial charge in [-0.05, 0) is 49.6 Å². The Labute approximate surface area is 176 Å². The normalized spacial score (nSPS) is 16.6. The Morgan fingerprint density at radius 1 is 1.07 bits per heavy atom. The average molecular weight is 429 g/mol. The summed E-state index contributed by atoms with van der Waals surface area (Å²) in [5.41, 5.74) is 2.56. The van der Waals surface area contributed by atoms with Crippen molar-refractivity contribution in [2.24, 2.45) is 0 Å². The number of esters is 1. The predicted molar refractivity (Wildman–Crippen MR) is 112 cm³/mol. The quantitative estimate of drug-likeness (QED) is 0.689. The molecular formula is C22H24N2O5S.